The quantitative estimate of drug-likeness (QED) is 0.777. The lowest BCUT2D eigenvalue weighted by molar-refractivity contribution is 0.416. The molecule has 0 saturated carbocycles. The van der Waals surface area contributed by atoms with Crippen LogP contribution in [0.2, 0.25) is 0 Å². The lowest BCUT2D eigenvalue weighted by Crippen LogP contribution is -2.00. The highest BCUT2D eigenvalue weighted by atomic mass is 32.2. The maximum Gasteiger partial charge on any atom is 0.191 e. The van der Waals surface area contributed by atoms with E-state index in [0.717, 1.165) is 34.6 Å². The average Bonchev–Trinajstić information content (AvgIpc) is 2.81. The molecule has 4 nitrogen and oxygen atoms in total. The topological polar surface area (TPSA) is 39.9 Å². The maximum atomic E-state index is 5.38. The molecule has 0 radical (unpaired) electrons. The maximum absolute atomic E-state index is 5.38. The number of methoxy groups -OCH3 is 1. The van der Waals surface area contributed by atoms with Gasteiger partial charge < -0.3 is 9.30 Å². The SMILES string of the molecule is CCSc1nnc(-c2ccccc2OC)n1CC. The standard InChI is InChI=1S/C13H17N3OS/c1-4-16-12(14-15-13(16)18-5-2)10-8-6-7-9-11(10)17-3/h6-9H,4-5H2,1-3H3. The zero-order valence-electron chi connectivity index (χ0n) is 10.9. The van der Waals surface area contributed by atoms with E-state index in [9.17, 15) is 0 Å². The van der Waals surface area contributed by atoms with E-state index in [-0.39, 0.29) is 0 Å². The molecule has 0 amide bonds. The van der Waals surface area contributed by atoms with E-state index in [4.69, 9.17) is 4.74 Å². The molecule has 0 aliphatic carbocycles. The summed E-state index contributed by atoms with van der Waals surface area (Å²) < 4.78 is 7.50. The second-order valence-electron chi connectivity index (χ2n) is 3.68. The molecule has 0 aliphatic heterocycles. The van der Waals surface area contributed by atoms with E-state index < -0.39 is 0 Å². The van der Waals surface area contributed by atoms with Crippen molar-refractivity contribution in [1.29, 1.82) is 0 Å². The first-order valence-electron chi connectivity index (χ1n) is 6.01. The molecular weight excluding hydrogens is 246 g/mol. The number of benzene rings is 1. The summed E-state index contributed by atoms with van der Waals surface area (Å²) >= 11 is 1.70. The van der Waals surface area contributed by atoms with Gasteiger partial charge in [0.25, 0.3) is 0 Å². The van der Waals surface area contributed by atoms with Gasteiger partial charge >= 0.3 is 0 Å². The Morgan fingerprint density at radius 1 is 1.22 bits per heavy atom. The highest BCUT2D eigenvalue weighted by molar-refractivity contribution is 7.99. The molecule has 1 aromatic carbocycles. The van der Waals surface area contributed by atoms with Gasteiger partial charge in [0.2, 0.25) is 0 Å². The lowest BCUT2D eigenvalue weighted by Gasteiger charge is -2.09. The van der Waals surface area contributed by atoms with Crippen LogP contribution in [0.5, 0.6) is 5.75 Å². The molecular formula is C13H17N3OS. The van der Waals surface area contributed by atoms with E-state index in [0.29, 0.717) is 0 Å². The van der Waals surface area contributed by atoms with Crippen LogP contribution in [0.1, 0.15) is 13.8 Å². The zero-order valence-corrected chi connectivity index (χ0v) is 11.7. The summed E-state index contributed by atoms with van der Waals surface area (Å²) in [5.41, 5.74) is 0.984. The second-order valence-corrected chi connectivity index (χ2v) is 4.91. The van der Waals surface area contributed by atoms with E-state index in [1.165, 1.54) is 0 Å². The fourth-order valence-corrected chi connectivity index (χ4v) is 2.57. The van der Waals surface area contributed by atoms with Crippen LogP contribution in [-0.4, -0.2) is 27.6 Å². The molecule has 1 heterocycles. The number of hydrogen-bond donors (Lipinski definition) is 0. The van der Waals surface area contributed by atoms with Crippen molar-refractivity contribution in [2.45, 2.75) is 25.5 Å². The minimum atomic E-state index is 0.827. The van der Waals surface area contributed by atoms with Gasteiger partial charge in [-0.25, -0.2) is 0 Å². The molecule has 0 fully saturated rings. The predicted molar refractivity (Wildman–Crippen MR) is 74.1 cm³/mol. The first-order chi connectivity index (χ1) is 8.81. The summed E-state index contributed by atoms with van der Waals surface area (Å²) in [4.78, 5) is 0. The van der Waals surface area contributed by atoms with Gasteiger partial charge in [-0.15, -0.1) is 10.2 Å². The highest BCUT2D eigenvalue weighted by Gasteiger charge is 2.15. The summed E-state index contributed by atoms with van der Waals surface area (Å²) in [6.07, 6.45) is 0. The Labute approximate surface area is 111 Å². The van der Waals surface area contributed by atoms with Crippen LogP contribution in [0, 0.1) is 0 Å². The smallest absolute Gasteiger partial charge is 0.191 e. The number of para-hydroxylation sites is 1. The van der Waals surface area contributed by atoms with Crippen molar-refractivity contribution < 1.29 is 4.74 Å². The molecule has 2 aromatic rings. The molecule has 1 aromatic heterocycles. The van der Waals surface area contributed by atoms with E-state index in [1.807, 2.05) is 24.3 Å². The van der Waals surface area contributed by atoms with Crippen molar-refractivity contribution >= 4 is 11.8 Å². The first-order valence-corrected chi connectivity index (χ1v) is 6.99. The molecule has 2 rings (SSSR count). The van der Waals surface area contributed by atoms with Gasteiger partial charge in [0, 0.05) is 6.54 Å². The minimum absolute atomic E-state index is 0.827. The van der Waals surface area contributed by atoms with Crippen LogP contribution in [0.25, 0.3) is 11.4 Å². The summed E-state index contributed by atoms with van der Waals surface area (Å²) in [6, 6.07) is 7.89. The monoisotopic (exact) mass is 263 g/mol. The zero-order chi connectivity index (χ0) is 13.0. The Hall–Kier alpha value is -1.49. The van der Waals surface area contributed by atoms with E-state index in [1.54, 1.807) is 18.9 Å². The molecule has 5 heteroatoms. The predicted octanol–water partition coefficient (Wildman–Crippen LogP) is 3.09. The van der Waals surface area contributed by atoms with Crippen LogP contribution < -0.4 is 4.74 Å². The number of ether oxygens (including phenoxy) is 1. The van der Waals surface area contributed by atoms with Crippen molar-refractivity contribution in [2.75, 3.05) is 12.9 Å². The van der Waals surface area contributed by atoms with Crippen LogP contribution >= 0.6 is 11.8 Å². The number of aromatic nitrogens is 3. The molecule has 0 N–H and O–H groups in total. The van der Waals surface area contributed by atoms with Gasteiger partial charge in [-0.2, -0.15) is 0 Å². The van der Waals surface area contributed by atoms with E-state index in [2.05, 4.69) is 28.6 Å². The van der Waals surface area contributed by atoms with Crippen molar-refractivity contribution in [1.82, 2.24) is 14.8 Å². The van der Waals surface area contributed by atoms with Gasteiger partial charge in [-0.3, -0.25) is 0 Å². The first kappa shape index (κ1) is 13.0. The van der Waals surface area contributed by atoms with Crippen LogP contribution in [0.4, 0.5) is 0 Å². The average molecular weight is 263 g/mol. The molecule has 0 spiro atoms. The third kappa shape index (κ3) is 2.36. The number of hydrogen-bond acceptors (Lipinski definition) is 4. The summed E-state index contributed by atoms with van der Waals surface area (Å²) in [5, 5.41) is 9.50. The Morgan fingerprint density at radius 2 is 2.00 bits per heavy atom. The summed E-state index contributed by atoms with van der Waals surface area (Å²) in [7, 11) is 1.67. The normalized spacial score (nSPS) is 10.6. The van der Waals surface area contributed by atoms with Gasteiger partial charge in [0.05, 0.1) is 12.7 Å². The van der Waals surface area contributed by atoms with Gasteiger partial charge in [0.15, 0.2) is 11.0 Å². The number of rotatable bonds is 5. The van der Waals surface area contributed by atoms with Crippen LogP contribution in [-0.2, 0) is 6.54 Å². The second kappa shape index (κ2) is 5.91. The Morgan fingerprint density at radius 3 is 2.67 bits per heavy atom. The van der Waals surface area contributed by atoms with Crippen molar-refractivity contribution in [3.63, 3.8) is 0 Å². The highest BCUT2D eigenvalue weighted by Crippen LogP contribution is 2.30. The molecule has 0 saturated heterocycles. The fourth-order valence-electron chi connectivity index (χ4n) is 1.84. The number of nitrogens with zero attached hydrogens (tertiary/aromatic N) is 3. The van der Waals surface area contributed by atoms with Gasteiger partial charge in [0.1, 0.15) is 5.75 Å². The van der Waals surface area contributed by atoms with Crippen molar-refractivity contribution in [3.8, 4) is 17.1 Å². The van der Waals surface area contributed by atoms with E-state index >= 15 is 0 Å². The van der Waals surface area contributed by atoms with Crippen molar-refractivity contribution in [2.24, 2.45) is 0 Å². The van der Waals surface area contributed by atoms with Gasteiger partial charge in [-0.05, 0) is 24.8 Å². The third-order valence-electron chi connectivity index (χ3n) is 2.65. The molecule has 0 bridgehead atoms. The van der Waals surface area contributed by atoms with Crippen LogP contribution in [0.15, 0.2) is 29.4 Å². The van der Waals surface area contributed by atoms with Crippen molar-refractivity contribution in [3.05, 3.63) is 24.3 Å². The fraction of sp³-hybridized carbons (Fsp3) is 0.385. The molecule has 96 valence electrons. The Kier molecular flexibility index (Phi) is 4.25. The molecule has 18 heavy (non-hydrogen) atoms. The third-order valence-corrected chi connectivity index (χ3v) is 3.50. The summed E-state index contributed by atoms with van der Waals surface area (Å²) in [6.45, 7) is 5.06. The summed E-state index contributed by atoms with van der Waals surface area (Å²) in [5.74, 6) is 2.68. The lowest BCUT2D eigenvalue weighted by atomic mass is 10.2. The Bertz CT molecular complexity index is 525. The molecule has 0 aliphatic rings. The minimum Gasteiger partial charge on any atom is -0.496 e. The van der Waals surface area contributed by atoms with Gasteiger partial charge in [-0.1, -0.05) is 30.8 Å². The largest absolute Gasteiger partial charge is 0.496 e. The molecule has 0 unspecified atom stereocenters. The van der Waals surface area contributed by atoms with Crippen LogP contribution in [0.3, 0.4) is 0 Å². The Balaban J connectivity index is 2.50. The number of thioether (sulfide) groups is 1. The molecule has 0 atom stereocenters.